The van der Waals surface area contributed by atoms with Gasteiger partial charge in [-0.2, -0.15) is 0 Å². The van der Waals surface area contributed by atoms with Crippen molar-refractivity contribution in [3.05, 3.63) is 35.4 Å². The number of rotatable bonds is 3. The van der Waals surface area contributed by atoms with Gasteiger partial charge in [0, 0.05) is 0 Å². The molecule has 3 rings (SSSR count). The molecule has 6 heteroatoms. The molecular formula is C18H23N3O3. The molecule has 2 N–H and O–H groups in total. The third-order valence-corrected chi connectivity index (χ3v) is 4.70. The van der Waals surface area contributed by atoms with Crippen molar-refractivity contribution < 1.29 is 14.4 Å². The highest BCUT2D eigenvalue weighted by Crippen LogP contribution is 2.28. The number of nitrogens with zero attached hydrogens (tertiary/aromatic N) is 1. The number of hydrogen-bond acceptors (Lipinski definition) is 3. The molecule has 1 heterocycles. The zero-order valence-electron chi connectivity index (χ0n) is 14.1. The summed E-state index contributed by atoms with van der Waals surface area (Å²) in [5.41, 5.74) is 1.45. The molecule has 4 amide bonds. The van der Waals surface area contributed by atoms with Crippen molar-refractivity contribution in [3.63, 3.8) is 0 Å². The van der Waals surface area contributed by atoms with Crippen molar-refractivity contribution >= 4 is 17.8 Å². The molecule has 0 bridgehead atoms. The predicted molar refractivity (Wildman–Crippen MR) is 89.2 cm³/mol. The van der Waals surface area contributed by atoms with Gasteiger partial charge in [-0.1, -0.05) is 30.7 Å². The van der Waals surface area contributed by atoms with Crippen LogP contribution in [0.15, 0.2) is 24.3 Å². The third-order valence-electron chi connectivity index (χ3n) is 4.70. The molecule has 1 fully saturated rings. The Morgan fingerprint density at radius 3 is 2.75 bits per heavy atom. The molecule has 0 spiro atoms. The fourth-order valence-corrected chi connectivity index (χ4v) is 3.42. The Labute approximate surface area is 141 Å². The molecule has 0 aromatic heterocycles. The molecular weight excluding hydrogens is 306 g/mol. The highest BCUT2D eigenvalue weighted by Gasteiger charge is 2.45. The van der Waals surface area contributed by atoms with Crippen LogP contribution in [0.1, 0.15) is 50.3 Å². The lowest BCUT2D eigenvalue weighted by Gasteiger charge is -2.21. The molecule has 1 aliphatic carbocycles. The van der Waals surface area contributed by atoms with E-state index in [-0.39, 0.29) is 24.4 Å². The van der Waals surface area contributed by atoms with E-state index in [1.807, 2.05) is 18.2 Å². The van der Waals surface area contributed by atoms with Crippen LogP contribution in [0.3, 0.4) is 0 Å². The van der Waals surface area contributed by atoms with E-state index in [2.05, 4.69) is 16.7 Å². The third kappa shape index (κ3) is 3.13. The second kappa shape index (κ2) is 6.26. The summed E-state index contributed by atoms with van der Waals surface area (Å²) in [7, 11) is 0. The average molecular weight is 329 g/mol. The maximum absolute atomic E-state index is 12.4. The van der Waals surface area contributed by atoms with Crippen LogP contribution in [0.5, 0.6) is 0 Å². The van der Waals surface area contributed by atoms with Gasteiger partial charge in [0.05, 0.1) is 6.04 Å². The Hall–Kier alpha value is -2.37. The van der Waals surface area contributed by atoms with Crippen molar-refractivity contribution in [1.29, 1.82) is 0 Å². The van der Waals surface area contributed by atoms with Gasteiger partial charge in [0.25, 0.3) is 5.91 Å². The zero-order chi connectivity index (χ0) is 17.3. The van der Waals surface area contributed by atoms with Gasteiger partial charge >= 0.3 is 6.03 Å². The summed E-state index contributed by atoms with van der Waals surface area (Å²) in [4.78, 5) is 37.5. The second-order valence-electron chi connectivity index (χ2n) is 7.01. The smallest absolute Gasteiger partial charge is 0.325 e. The van der Waals surface area contributed by atoms with Crippen molar-refractivity contribution in [2.75, 3.05) is 6.54 Å². The fraction of sp³-hybridized carbons (Fsp3) is 0.500. The molecule has 128 valence electrons. The Morgan fingerprint density at radius 1 is 1.29 bits per heavy atom. The minimum Gasteiger partial charge on any atom is -0.348 e. The van der Waals surface area contributed by atoms with Gasteiger partial charge in [-0.05, 0) is 44.2 Å². The Kier molecular flexibility index (Phi) is 4.30. The summed E-state index contributed by atoms with van der Waals surface area (Å²) in [6, 6.07) is 7.55. The van der Waals surface area contributed by atoms with E-state index in [1.165, 1.54) is 5.56 Å². The first-order chi connectivity index (χ1) is 11.4. The van der Waals surface area contributed by atoms with Crippen molar-refractivity contribution in [2.24, 2.45) is 0 Å². The number of carbonyl (C=O) groups excluding carboxylic acids is 3. The van der Waals surface area contributed by atoms with E-state index in [1.54, 1.807) is 13.8 Å². The molecule has 0 unspecified atom stereocenters. The number of nitrogens with one attached hydrogen (secondary N) is 2. The van der Waals surface area contributed by atoms with Crippen LogP contribution in [0, 0.1) is 0 Å². The predicted octanol–water partition coefficient (Wildman–Crippen LogP) is 1.90. The topological polar surface area (TPSA) is 78.5 Å². The second-order valence-corrected chi connectivity index (χ2v) is 7.01. The number of carbonyl (C=O) groups is 3. The first-order valence-corrected chi connectivity index (χ1v) is 8.40. The number of urea groups is 1. The molecule has 1 aromatic rings. The average Bonchev–Trinajstić information content (AvgIpc) is 2.70. The fourth-order valence-electron chi connectivity index (χ4n) is 3.42. The maximum atomic E-state index is 12.4. The van der Waals surface area contributed by atoms with Gasteiger partial charge < -0.3 is 10.6 Å². The minimum atomic E-state index is -0.952. The molecule has 1 aliphatic heterocycles. The lowest BCUT2D eigenvalue weighted by molar-refractivity contribution is -0.134. The minimum absolute atomic E-state index is 0.0648. The highest BCUT2D eigenvalue weighted by molar-refractivity contribution is 6.08. The van der Waals surface area contributed by atoms with Crippen LogP contribution in [0.25, 0.3) is 0 Å². The Morgan fingerprint density at radius 2 is 2.04 bits per heavy atom. The molecule has 2 aliphatic rings. The maximum Gasteiger partial charge on any atom is 0.325 e. The van der Waals surface area contributed by atoms with Gasteiger partial charge in [-0.25, -0.2) is 4.79 Å². The first kappa shape index (κ1) is 16.5. The lowest BCUT2D eigenvalue weighted by Crippen LogP contribution is -2.43. The standard InChI is InChI=1S/C18H23N3O3/c1-18(2)16(23)21(17(24)20-18)11-15(22)19-14-10-6-4-8-12-7-3-5-9-13(12)14/h3,5,7,9,14H,4,6,8,10-11H2,1-2H3,(H,19,22)(H,20,24)/t14-/m1/s1. The van der Waals surface area contributed by atoms with Crippen LogP contribution in [-0.4, -0.2) is 34.8 Å². The number of fused-ring (bicyclic) bond motifs is 1. The van der Waals surface area contributed by atoms with E-state index >= 15 is 0 Å². The first-order valence-electron chi connectivity index (χ1n) is 8.40. The number of benzene rings is 1. The van der Waals surface area contributed by atoms with Gasteiger partial charge in [0.1, 0.15) is 12.1 Å². The van der Waals surface area contributed by atoms with Crippen molar-refractivity contribution in [1.82, 2.24) is 15.5 Å². The van der Waals surface area contributed by atoms with E-state index in [0.29, 0.717) is 0 Å². The molecule has 1 atom stereocenters. The molecule has 6 nitrogen and oxygen atoms in total. The van der Waals surface area contributed by atoms with Gasteiger partial charge in [-0.15, -0.1) is 0 Å². The summed E-state index contributed by atoms with van der Waals surface area (Å²) in [6.07, 6.45) is 4.03. The van der Waals surface area contributed by atoms with Gasteiger partial charge in [0.2, 0.25) is 5.91 Å². The molecule has 0 radical (unpaired) electrons. The zero-order valence-corrected chi connectivity index (χ0v) is 14.1. The summed E-state index contributed by atoms with van der Waals surface area (Å²) in [5, 5.41) is 5.58. The monoisotopic (exact) mass is 329 g/mol. The largest absolute Gasteiger partial charge is 0.348 e. The van der Waals surface area contributed by atoms with Crippen LogP contribution in [0.2, 0.25) is 0 Å². The summed E-state index contributed by atoms with van der Waals surface area (Å²) in [5.74, 6) is -0.679. The Balaban J connectivity index is 1.69. The van der Waals surface area contributed by atoms with Crippen LogP contribution >= 0.6 is 0 Å². The lowest BCUT2D eigenvalue weighted by atomic mass is 9.99. The van der Waals surface area contributed by atoms with E-state index in [4.69, 9.17) is 0 Å². The van der Waals surface area contributed by atoms with E-state index in [0.717, 1.165) is 36.1 Å². The summed E-state index contributed by atoms with van der Waals surface area (Å²) in [6.45, 7) is 3.02. The summed E-state index contributed by atoms with van der Waals surface area (Å²) < 4.78 is 0. The van der Waals surface area contributed by atoms with Crippen LogP contribution in [0.4, 0.5) is 4.79 Å². The quantitative estimate of drug-likeness (QED) is 0.657. The van der Waals surface area contributed by atoms with Crippen molar-refractivity contribution in [2.45, 2.75) is 51.1 Å². The van der Waals surface area contributed by atoms with Crippen molar-refractivity contribution in [3.8, 4) is 0 Å². The summed E-state index contributed by atoms with van der Waals surface area (Å²) >= 11 is 0. The molecule has 24 heavy (non-hydrogen) atoms. The molecule has 1 aromatic carbocycles. The molecule has 1 saturated heterocycles. The number of imide groups is 1. The SMILES string of the molecule is CC1(C)NC(=O)N(CC(=O)N[C@@H]2CCCCc3ccccc32)C1=O. The van der Waals surface area contributed by atoms with E-state index < -0.39 is 11.6 Å². The highest BCUT2D eigenvalue weighted by atomic mass is 16.2. The Bertz CT molecular complexity index is 684. The number of aryl methyl sites for hydroxylation is 1. The number of hydrogen-bond donors (Lipinski definition) is 2. The molecule has 0 saturated carbocycles. The van der Waals surface area contributed by atoms with Gasteiger partial charge in [0.15, 0.2) is 0 Å². The normalized spacial score (nSPS) is 22.6. The van der Waals surface area contributed by atoms with Crippen LogP contribution in [-0.2, 0) is 16.0 Å². The van der Waals surface area contributed by atoms with E-state index in [9.17, 15) is 14.4 Å². The van der Waals surface area contributed by atoms with Crippen LogP contribution < -0.4 is 10.6 Å². The number of amides is 4. The van der Waals surface area contributed by atoms with Gasteiger partial charge in [-0.3, -0.25) is 14.5 Å².